The number of rotatable bonds is 5. The zero-order valence-corrected chi connectivity index (χ0v) is 8.70. The van der Waals surface area contributed by atoms with Crippen molar-refractivity contribution >= 4 is 23.8 Å². The molecule has 1 rings (SSSR count). The second-order valence-electron chi connectivity index (χ2n) is 3.65. The minimum absolute atomic E-state index is 0.00241. The standard InChI is InChI=1S/C9H11NO7/c11-6-2-1-4(8(14)15)10(6)5(9(16)17)3-7(12)13/h4-5H,1-3H2,(H,12,13)(H,14,15)(H,16,17)/t4-,5+/m1/s1. The van der Waals surface area contributed by atoms with E-state index in [1.165, 1.54) is 0 Å². The van der Waals surface area contributed by atoms with Crippen LogP contribution in [-0.4, -0.2) is 56.1 Å². The van der Waals surface area contributed by atoms with Crippen LogP contribution in [0.1, 0.15) is 19.3 Å². The summed E-state index contributed by atoms with van der Waals surface area (Å²) in [6.07, 6.45) is -0.900. The van der Waals surface area contributed by atoms with Gasteiger partial charge in [0.05, 0.1) is 6.42 Å². The summed E-state index contributed by atoms with van der Waals surface area (Å²) in [4.78, 5) is 44.3. The zero-order valence-electron chi connectivity index (χ0n) is 8.70. The zero-order chi connectivity index (χ0) is 13.2. The largest absolute Gasteiger partial charge is 0.481 e. The number of hydrogen-bond donors (Lipinski definition) is 3. The first-order valence-electron chi connectivity index (χ1n) is 4.83. The maximum Gasteiger partial charge on any atom is 0.327 e. The molecule has 94 valence electrons. The molecule has 0 aromatic heterocycles. The third-order valence-corrected chi connectivity index (χ3v) is 2.53. The maximum absolute atomic E-state index is 11.4. The lowest BCUT2D eigenvalue weighted by molar-refractivity contribution is -0.158. The Bertz CT molecular complexity index is 378. The predicted octanol–water partition coefficient (Wildman–Crippen LogP) is -1.01. The average molecular weight is 245 g/mol. The Morgan fingerprint density at radius 1 is 1.29 bits per heavy atom. The summed E-state index contributed by atoms with van der Waals surface area (Å²) in [6.45, 7) is 0. The van der Waals surface area contributed by atoms with Gasteiger partial charge in [-0.25, -0.2) is 9.59 Å². The van der Waals surface area contributed by atoms with E-state index in [4.69, 9.17) is 15.3 Å². The van der Waals surface area contributed by atoms with Crippen LogP contribution in [0.2, 0.25) is 0 Å². The Morgan fingerprint density at radius 2 is 1.88 bits per heavy atom. The van der Waals surface area contributed by atoms with Crippen LogP contribution in [0.4, 0.5) is 0 Å². The molecule has 0 spiro atoms. The lowest BCUT2D eigenvalue weighted by Gasteiger charge is -2.27. The van der Waals surface area contributed by atoms with Crippen molar-refractivity contribution in [3.63, 3.8) is 0 Å². The molecule has 1 aliphatic heterocycles. The molecular weight excluding hydrogens is 234 g/mol. The summed E-state index contributed by atoms with van der Waals surface area (Å²) in [5, 5.41) is 26.2. The molecule has 0 radical (unpaired) electrons. The van der Waals surface area contributed by atoms with Gasteiger partial charge in [-0.3, -0.25) is 9.59 Å². The summed E-state index contributed by atoms with van der Waals surface area (Å²) in [5.74, 6) is -4.89. The molecule has 0 unspecified atom stereocenters. The molecule has 17 heavy (non-hydrogen) atoms. The fourth-order valence-electron chi connectivity index (χ4n) is 1.81. The Kier molecular flexibility index (Phi) is 3.66. The minimum atomic E-state index is -1.64. The van der Waals surface area contributed by atoms with E-state index in [1.807, 2.05) is 0 Å². The molecule has 1 saturated heterocycles. The molecule has 8 heteroatoms. The summed E-state index contributed by atoms with van der Waals surface area (Å²) in [6, 6.07) is -2.90. The number of carbonyl (C=O) groups excluding carboxylic acids is 1. The molecule has 0 aromatic carbocycles. The summed E-state index contributed by atoms with van der Waals surface area (Å²) in [5.41, 5.74) is 0. The number of nitrogens with zero attached hydrogens (tertiary/aromatic N) is 1. The number of carboxylic acid groups (broad SMARTS) is 3. The van der Waals surface area contributed by atoms with Crippen molar-refractivity contribution in [3.8, 4) is 0 Å². The first-order valence-corrected chi connectivity index (χ1v) is 4.83. The van der Waals surface area contributed by atoms with Crippen molar-refractivity contribution in [2.45, 2.75) is 31.3 Å². The van der Waals surface area contributed by atoms with Crippen LogP contribution in [-0.2, 0) is 19.2 Å². The molecule has 1 aliphatic rings. The molecule has 0 aromatic rings. The van der Waals surface area contributed by atoms with Crippen molar-refractivity contribution in [1.82, 2.24) is 4.90 Å². The fraction of sp³-hybridized carbons (Fsp3) is 0.556. The number of aliphatic carboxylic acids is 3. The molecule has 1 amide bonds. The van der Waals surface area contributed by atoms with Gasteiger partial charge in [0.25, 0.3) is 0 Å². The van der Waals surface area contributed by atoms with Crippen molar-refractivity contribution in [2.24, 2.45) is 0 Å². The van der Waals surface area contributed by atoms with Gasteiger partial charge in [0.15, 0.2) is 0 Å². The van der Waals surface area contributed by atoms with Gasteiger partial charge in [-0.15, -0.1) is 0 Å². The van der Waals surface area contributed by atoms with Crippen LogP contribution in [0.25, 0.3) is 0 Å². The van der Waals surface area contributed by atoms with E-state index < -0.39 is 42.3 Å². The third kappa shape index (κ3) is 2.71. The third-order valence-electron chi connectivity index (χ3n) is 2.53. The molecule has 2 atom stereocenters. The molecule has 0 saturated carbocycles. The molecular formula is C9H11NO7. The lowest BCUT2D eigenvalue weighted by atomic mass is 10.1. The van der Waals surface area contributed by atoms with Gasteiger partial charge in [-0.1, -0.05) is 0 Å². The molecule has 0 aliphatic carbocycles. The van der Waals surface area contributed by atoms with Crippen molar-refractivity contribution in [2.75, 3.05) is 0 Å². The fourth-order valence-corrected chi connectivity index (χ4v) is 1.81. The highest BCUT2D eigenvalue weighted by Gasteiger charge is 2.43. The van der Waals surface area contributed by atoms with Crippen LogP contribution < -0.4 is 0 Å². The highest BCUT2D eigenvalue weighted by molar-refractivity contribution is 5.92. The van der Waals surface area contributed by atoms with Crippen LogP contribution >= 0.6 is 0 Å². The Balaban J connectivity index is 2.98. The van der Waals surface area contributed by atoms with Gasteiger partial charge in [0.2, 0.25) is 5.91 Å². The monoisotopic (exact) mass is 245 g/mol. The van der Waals surface area contributed by atoms with E-state index in [0.717, 1.165) is 0 Å². The second-order valence-corrected chi connectivity index (χ2v) is 3.65. The molecule has 0 bridgehead atoms. The SMILES string of the molecule is O=C(O)C[C@@H](C(=O)O)N1C(=O)CC[C@@H]1C(=O)O. The van der Waals surface area contributed by atoms with Gasteiger partial charge in [-0.2, -0.15) is 0 Å². The Hall–Kier alpha value is -2.12. The number of amides is 1. The lowest BCUT2D eigenvalue weighted by Crippen LogP contribution is -2.50. The predicted molar refractivity (Wildman–Crippen MR) is 51.2 cm³/mol. The summed E-state index contributed by atoms with van der Waals surface area (Å²) >= 11 is 0. The van der Waals surface area contributed by atoms with Crippen LogP contribution in [0.15, 0.2) is 0 Å². The first kappa shape index (κ1) is 12.9. The second kappa shape index (κ2) is 4.81. The molecule has 1 fully saturated rings. The average Bonchev–Trinajstić information content (AvgIpc) is 2.56. The maximum atomic E-state index is 11.4. The van der Waals surface area contributed by atoms with Gasteiger partial charge < -0.3 is 20.2 Å². The normalized spacial score (nSPS) is 21.3. The highest BCUT2D eigenvalue weighted by atomic mass is 16.4. The summed E-state index contributed by atoms with van der Waals surface area (Å²) in [7, 11) is 0. The Morgan fingerprint density at radius 3 is 2.29 bits per heavy atom. The van der Waals surface area contributed by atoms with E-state index in [2.05, 4.69) is 0 Å². The van der Waals surface area contributed by atoms with Gasteiger partial charge in [0, 0.05) is 6.42 Å². The van der Waals surface area contributed by atoms with Gasteiger partial charge in [0.1, 0.15) is 12.1 Å². The number of carboxylic acids is 3. The number of hydrogen-bond acceptors (Lipinski definition) is 4. The smallest absolute Gasteiger partial charge is 0.327 e. The van der Waals surface area contributed by atoms with Crippen molar-refractivity contribution in [3.05, 3.63) is 0 Å². The van der Waals surface area contributed by atoms with E-state index in [0.29, 0.717) is 4.90 Å². The van der Waals surface area contributed by atoms with Crippen molar-refractivity contribution < 1.29 is 34.5 Å². The molecule has 1 heterocycles. The van der Waals surface area contributed by atoms with Crippen LogP contribution in [0, 0.1) is 0 Å². The van der Waals surface area contributed by atoms with E-state index in [-0.39, 0.29) is 12.8 Å². The minimum Gasteiger partial charge on any atom is -0.481 e. The van der Waals surface area contributed by atoms with Gasteiger partial charge in [-0.05, 0) is 6.42 Å². The van der Waals surface area contributed by atoms with Crippen LogP contribution in [0.3, 0.4) is 0 Å². The van der Waals surface area contributed by atoms with Gasteiger partial charge >= 0.3 is 17.9 Å². The molecule has 8 nitrogen and oxygen atoms in total. The van der Waals surface area contributed by atoms with E-state index in [9.17, 15) is 19.2 Å². The summed E-state index contributed by atoms with van der Waals surface area (Å²) < 4.78 is 0. The van der Waals surface area contributed by atoms with Crippen LogP contribution in [0.5, 0.6) is 0 Å². The molecule has 3 N–H and O–H groups in total. The Labute approximate surface area is 95.4 Å². The first-order chi connectivity index (χ1) is 7.84. The van der Waals surface area contributed by atoms with Crippen molar-refractivity contribution in [1.29, 1.82) is 0 Å². The topological polar surface area (TPSA) is 132 Å². The number of likely N-dealkylation sites (tertiary alicyclic amines) is 1. The van der Waals surface area contributed by atoms with E-state index >= 15 is 0 Å². The van der Waals surface area contributed by atoms with E-state index in [1.54, 1.807) is 0 Å². The quantitative estimate of drug-likeness (QED) is 0.565. The highest BCUT2D eigenvalue weighted by Crippen LogP contribution is 2.23. The number of carbonyl (C=O) groups is 4.